The largest absolute Gasteiger partial charge is 0.488 e. The van der Waals surface area contributed by atoms with Crippen LogP contribution in [0.2, 0.25) is 0 Å². The summed E-state index contributed by atoms with van der Waals surface area (Å²) in [6.07, 6.45) is -1.09. The van der Waals surface area contributed by atoms with Crippen LogP contribution in [0.3, 0.4) is 0 Å². The Morgan fingerprint density at radius 2 is 1.79 bits per heavy atom. The van der Waals surface area contributed by atoms with Crippen LogP contribution in [-0.2, 0) is 14.2 Å². The van der Waals surface area contributed by atoms with Gasteiger partial charge in [-0.2, -0.15) is 0 Å². The standard InChI is InChI=1S/C19H21F2N3O4/c1-3-26-16-15(19-27-11(2)28-19)22-17(12-8-13(20)10-14(21)9-12)23-18(16)24-4-6-25-7-5-24/h8-11,19H,3-7H2,1-2H3. The summed E-state index contributed by atoms with van der Waals surface area (Å²) in [5.41, 5.74) is 0.625. The Balaban J connectivity index is 1.85. The zero-order valence-corrected chi connectivity index (χ0v) is 15.7. The summed E-state index contributed by atoms with van der Waals surface area (Å²) in [4.78, 5) is 11.1. The van der Waals surface area contributed by atoms with Gasteiger partial charge in [-0.1, -0.05) is 0 Å². The minimum absolute atomic E-state index is 0.171. The number of ether oxygens (including phenoxy) is 4. The van der Waals surface area contributed by atoms with Crippen molar-refractivity contribution in [2.24, 2.45) is 0 Å². The van der Waals surface area contributed by atoms with Gasteiger partial charge in [-0.3, -0.25) is 0 Å². The van der Waals surface area contributed by atoms with Gasteiger partial charge in [-0.05, 0) is 26.0 Å². The van der Waals surface area contributed by atoms with Crippen LogP contribution in [0.15, 0.2) is 18.2 Å². The van der Waals surface area contributed by atoms with Crippen molar-refractivity contribution >= 4 is 5.82 Å². The van der Waals surface area contributed by atoms with E-state index in [9.17, 15) is 8.78 Å². The van der Waals surface area contributed by atoms with E-state index in [0.717, 1.165) is 6.07 Å². The maximum absolute atomic E-state index is 13.8. The first kappa shape index (κ1) is 19.0. The number of aromatic nitrogens is 2. The second-order valence-electron chi connectivity index (χ2n) is 6.45. The number of anilines is 1. The Kier molecular flexibility index (Phi) is 5.38. The summed E-state index contributed by atoms with van der Waals surface area (Å²) in [5, 5.41) is 0. The first-order chi connectivity index (χ1) is 13.5. The highest BCUT2D eigenvalue weighted by molar-refractivity contribution is 5.64. The molecule has 150 valence electrons. The maximum Gasteiger partial charge on any atom is 0.210 e. The minimum Gasteiger partial charge on any atom is -0.488 e. The topological polar surface area (TPSA) is 65.9 Å². The Labute approximate surface area is 161 Å². The van der Waals surface area contributed by atoms with Gasteiger partial charge in [0.2, 0.25) is 6.29 Å². The number of nitrogens with zero attached hydrogens (tertiary/aromatic N) is 3. The molecule has 2 aliphatic rings. The van der Waals surface area contributed by atoms with E-state index in [1.807, 2.05) is 11.8 Å². The molecule has 0 saturated carbocycles. The third-order valence-electron chi connectivity index (χ3n) is 4.45. The summed E-state index contributed by atoms with van der Waals surface area (Å²) in [5.74, 6) is -0.257. The van der Waals surface area contributed by atoms with Crippen LogP contribution in [0.1, 0.15) is 25.8 Å². The van der Waals surface area contributed by atoms with Gasteiger partial charge in [0.05, 0.1) is 19.8 Å². The lowest BCUT2D eigenvalue weighted by atomic mass is 10.2. The molecule has 2 saturated heterocycles. The van der Waals surface area contributed by atoms with E-state index in [2.05, 4.69) is 9.97 Å². The minimum atomic E-state index is -0.725. The molecule has 0 radical (unpaired) electrons. The molecule has 2 fully saturated rings. The van der Waals surface area contributed by atoms with Crippen molar-refractivity contribution in [2.75, 3.05) is 37.8 Å². The molecule has 3 heterocycles. The molecule has 9 heteroatoms. The van der Waals surface area contributed by atoms with Crippen molar-refractivity contribution < 1.29 is 27.7 Å². The van der Waals surface area contributed by atoms with Gasteiger partial charge in [0.25, 0.3) is 0 Å². The van der Waals surface area contributed by atoms with Crippen LogP contribution in [0.5, 0.6) is 5.75 Å². The summed E-state index contributed by atoms with van der Waals surface area (Å²) in [7, 11) is 0. The Bertz CT molecular complexity index is 835. The van der Waals surface area contributed by atoms with Crippen LogP contribution in [-0.4, -0.2) is 49.2 Å². The summed E-state index contributed by atoms with van der Waals surface area (Å²) in [6, 6.07) is 3.19. The van der Waals surface area contributed by atoms with Gasteiger partial charge >= 0.3 is 0 Å². The molecule has 0 amide bonds. The lowest BCUT2D eigenvalue weighted by Gasteiger charge is -2.35. The lowest BCUT2D eigenvalue weighted by molar-refractivity contribution is -0.384. The van der Waals surface area contributed by atoms with E-state index in [1.165, 1.54) is 12.1 Å². The van der Waals surface area contributed by atoms with Gasteiger partial charge in [-0.15, -0.1) is 0 Å². The smallest absolute Gasteiger partial charge is 0.210 e. The fourth-order valence-corrected chi connectivity index (χ4v) is 3.19. The van der Waals surface area contributed by atoms with E-state index >= 15 is 0 Å². The highest BCUT2D eigenvalue weighted by atomic mass is 19.1. The van der Waals surface area contributed by atoms with Crippen molar-refractivity contribution in [1.82, 2.24) is 9.97 Å². The molecular weight excluding hydrogens is 372 g/mol. The van der Waals surface area contributed by atoms with Crippen molar-refractivity contribution in [1.29, 1.82) is 0 Å². The third-order valence-corrected chi connectivity index (χ3v) is 4.45. The van der Waals surface area contributed by atoms with E-state index in [0.29, 0.717) is 50.2 Å². The van der Waals surface area contributed by atoms with Crippen LogP contribution in [0.4, 0.5) is 14.6 Å². The Morgan fingerprint density at radius 3 is 2.39 bits per heavy atom. The SMILES string of the molecule is CCOc1c(C2OC(C)O2)nc(-c2cc(F)cc(F)c2)nc1N1CCOCC1. The van der Waals surface area contributed by atoms with Crippen molar-refractivity contribution in [2.45, 2.75) is 26.4 Å². The number of hydrogen-bond acceptors (Lipinski definition) is 7. The summed E-state index contributed by atoms with van der Waals surface area (Å²) < 4.78 is 50.0. The van der Waals surface area contributed by atoms with Gasteiger partial charge in [0.15, 0.2) is 23.7 Å². The maximum atomic E-state index is 13.8. The van der Waals surface area contributed by atoms with Crippen LogP contribution in [0, 0.1) is 11.6 Å². The second-order valence-corrected chi connectivity index (χ2v) is 6.45. The van der Waals surface area contributed by atoms with E-state index in [-0.39, 0.29) is 17.7 Å². The molecule has 0 aliphatic carbocycles. The van der Waals surface area contributed by atoms with Gasteiger partial charge < -0.3 is 23.8 Å². The zero-order valence-electron chi connectivity index (χ0n) is 15.7. The highest BCUT2D eigenvalue weighted by Crippen LogP contribution is 2.41. The number of morpholine rings is 1. The average molecular weight is 393 g/mol. The lowest BCUT2D eigenvalue weighted by Crippen LogP contribution is -2.38. The number of benzene rings is 1. The summed E-state index contributed by atoms with van der Waals surface area (Å²) >= 11 is 0. The molecule has 0 N–H and O–H groups in total. The van der Waals surface area contributed by atoms with Gasteiger partial charge in [-0.25, -0.2) is 18.7 Å². The monoisotopic (exact) mass is 393 g/mol. The van der Waals surface area contributed by atoms with Crippen LogP contribution < -0.4 is 9.64 Å². The van der Waals surface area contributed by atoms with E-state index in [4.69, 9.17) is 18.9 Å². The molecule has 4 rings (SSSR count). The molecule has 0 bridgehead atoms. The predicted octanol–water partition coefficient (Wildman–Crippen LogP) is 3.05. The van der Waals surface area contributed by atoms with Gasteiger partial charge in [0, 0.05) is 24.7 Å². The average Bonchev–Trinajstić information content (AvgIpc) is 2.66. The molecule has 1 aromatic heterocycles. The fourth-order valence-electron chi connectivity index (χ4n) is 3.19. The van der Waals surface area contributed by atoms with E-state index < -0.39 is 17.9 Å². The molecule has 0 spiro atoms. The third kappa shape index (κ3) is 3.78. The fraction of sp³-hybridized carbons (Fsp3) is 0.474. The van der Waals surface area contributed by atoms with Crippen LogP contribution in [0.25, 0.3) is 11.4 Å². The normalized spacial score (nSPS) is 22.1. The quantitative estimate of drug-likeness (QED) is 0.774. The molecule has 2 aliphatic heterocycles. The Morgan fingerprint density at radius 1 is 1.11 bits per heavy atom. The predicted molar refractivity (Wildman–Crippen MR) is 96.0 cm³/mol. The van der Waals surface area contributed by atoms with Gasteiger partial charge in [0.1, 0.15) is 17.3 Å². The number of rotatable bonds is 5. The molecule has 28 heavy (non-hydrogen) atoms. The molecular formula is C19H21F2N3O4. The first-order valence-electron chi connectivity index (χ1n) is 9.20. The second kappa shape index (κ2) is 7.94. The number of halogens is 2. The van der Waals surface area contributed by atoms with Crippen molar-refractivity contribution in [3.8, 4) is 17.1 Å². The van der Waals surface area contributed by atoms with E-state index in [1.54, 1.807) is 6.92 Å². The zero-order chi connectivity index (χ0) is 19.7. The molecule has 2 aromatic rings. The molecule has 0 unspecified atom stereocenters. The molecule has 0 atom stereocenters. The summed E-state index contributed by atoms with van der Waals surface area (Å²) in [6.45, 7) is 6.32. The molecule has 1 aromatic carbocycles. The highest BCUT2D eigenvalue weighted by Gasteiger charge is 2.36. The van der Waals surface area contributed by atoms with Crippen LogP contribution >= 0.6 is 0 Å². The molecule has 7 nitrogen and oxygen atoms in total. The first-order valence-corrected chi connectivity index (χ1v) is 9.20. The number of hydrogen-bond donors (Lipinski definition) is 0. The van der Waals surface area contributed by atoms with Crippen molar-refractivity contribution in [3.63, 3.8) is 0 Å². The van der Waals surface area contributed by atoms with Crippen molar-refractivity contribution in [3.05, 3.63) is 35.5 Å². The Hall–Kier alpha value is -2.36.